The zero-order valence-electron chi connectivity index (χ0n) is 9.28. The quantitative estimate of drug-likeness (QED) is 0.625. The Morgan fingerprint density at radius 2 is 1.71 bits per heavy atom. The van der Waals surface area contributed by atoms with Gasteiger partial charge in [-0.05, 0) is 51.2 Å². The second-order valence-electron chi connectivity index (χ2n) is 5.46. The monoisotopic (exact) mass is 194 g/mol. The predicted molar refractivity (Wildman–Crippen MR) is 58.4 cm³/mol. The van der Waals surface area contributed by atoms with Crippen molar-refractivity contribution in [3.05, 3.63) is 0 Å². The molecule has 80 valence electrons. The first-order chi connectivity index (χ1) is 6.84. The van der Waals surface area contributed by atoms with E-state index in [0.717, 1.165) is 18.0 Å². The largest absolute Gasteiger partial charge is 0.299 e. The van der Waals surface area contributed by atoms with Crippen molar-refractivity contribution >= 4 is 0 Å². The lowest BCUT2D eigenvalue weighted by molar-refractivity contribution is 0.210. The van der Waals surface area contributed by atoms with Gasteiger partial charge in [-0.25, -0.2) is 0 Å². The Balaban J connectivity index is 1.64. The summed E-state index contributed by atoms with van der Waals surface area (Å²) in [5.41, 5.74) is 0. The van der Waals surface area contributed by atoms with Crippen LogP contribution in [0.4, 0.5) is 0 Å². The van der Waals surface area contributed by atoms with Crippen molar-refractivity contribution in [1.29, 1.82) is 0 Å². The molecule has 0 bridgehead atoms. The molecule has 1 saturated carbocycles. The van der Waals surface area contributed by atoms with E-state index in [2.05, 4.69) is 16.7 Å². The van der Waals surface area contributed by atoms with Gasteiger partial charge in [-0.2, -0.15) is 0 Å². The molecule has 3 atom stereocenters. The Labute approximate surface area is 87.3 Å². The van der Waals surface area contributed by atoms with Crippen LogP contribution in [0.5, 0.6) is 0 Å². The molecule has 14 heavy (non-hydrogen) atoms. The van der Waals surface area contributed by atoms with Crippen LogP contribution in [0.15, 0.2) is 0 Å². The van der Waals surface area contributed by atoms with Gasteiger partial charge in [0.25, 0.3) is 0 Å². The number of hydrogen-bond donors (Lipinski definition) is 0. The van der Waals surface area contributed by atoms with Crippen molar-refractivity contribution in [1.82, 2.24) is 9.80 Å². The first-order valence-electron chi connectivity index (χ1n) is 6.32. The van der Waals surface area contributed by atoms with Gasteiger partial charge in [0.05, 0.1) is 0 Å². The van der Waals surface area contributed by atoms with Crippen LogP contribution in [0.3, 0.4) is 0 Å². The molecule has 3 rings (SSSR count). The third kappa shape index (κ3) is 1.59. The first-order valence-corrected chi connectivity index (χ1v) is 6.32. The Morgan fingerprint density at radius 1 is 1.00 bits per heavy atom. The molecule has 2 nitrogen and oxygen atoms in total. The van der Waals surface area contributed by atoms with Gasteiger partial charge < -0.3 is 0 Å². The molecule has 0 aromatic carbocycles. The third-order valence-electron chi connectivity index (χ3n) is 4.37. The maximum absolute atomic E-state index is 2.78. The number of rotatable bonds is 1. The Kier molecular flexibility index (Phi) is 2.29. The van der Waals surface area contributed by atoms with E-state index in [4.69, 9.17) is 0 Å². The summed E-state index contributed by atoms with van der Waals surface area (Å²) in [6.45, 7) is 7.87. The molecule has 0 amide bonds. The van der Waals surface area contributed by atoms with Gasteiger partial charge in [0.1, 0.15) is 0 Å². The van der Waals surface area contributed by atoms with Crippen LogP contribution in [0.1, 0.15) is 32.6 Å². The van der Waals surface area contributed by atoms with Crippen molar-refractivity contribution in [2.75, 3.05) is 26.2 Å². The van der Waals surface area contributed by atoms with Crippen LogP contribution in [0.25, 0.3) is 0 Å². The highest BCUT2D eigenvalue weighted by molar-refractivity contribution is 4.96. The van der Waals surface area contributed by atoms with Crippen LogP contribution in [0, 0.1) is 5.92 Å². The molecular formula is C12H22N2. The van der Waals surface area contributed by atoms with Crippen molar-refractivity contribution in [3.8, 4) is 0 Å². The Morgan fingerprint density at radius 3 is 2.50 bits per heavy atom. The maximum Gasteiger partial charge on any atom is 0.0223 e. The van der Waals surface area contributed by atoms with Crippen molar-refractivity contribution in [3.63, 3.8) is 0 Å². The van der Waals surface area contributed by atoms with Crippen molar-refractivity contribution < 1.29 is 0 Å². The van der Waals surface area contributed by atoms with E-state index in [9.17, 15) is 0 Å². The van der Waals surface area contributed by atoms with Crippen LogP contribution in [-0.2, 0) is 0 Å². The zero-order chi connectivity index (χ0) is 9.54. The molecule has 0 aromatic rings. The molecule has 1 aliphatic carbocycles. The summed E-state index contributed by atoms with van der Waals surface area (Å²) in [5, 5.41) is 0. The van der Waals surface area contributed by atoms with Crippen LogP contribution in [-0.4, -0.2) is 48.1 Å². The topological polar surface area (TPSA) is 6.48 Å². The minimum atomic E-state index is 0.908. The first kappa shape index (κ1) is 9.17. The summed E-state index contributed by atoms with van der Waals surface area (Å²) in [6, 6.07) is 1.86. The predicted octanol–water partition coefficient (Wildman–Crippen LogP) is 1.56. The minimum absolute atomic E-state index is 0.908. The van der Waals surface area contributed by atoms with Gasteiger partial charge in [0.15, 0.2) is 0 Å². The summed E-state index contributed by atoms with van der Waals surface area (Å²) in [4.78, 5) is 5.51. The van der Waals surface area contributed by atoms with Gasteiger partial charge in [-0.1, -0.05) is 6.92 Å². The number of nitrogens with zero attached hydrogens (tertiary/aromatic N) is 2. The highest BCUT2D eigenvalue weighted by Gasteiger charge is 2.40. The molecule has 3 unspecified atom stereocenters. The van der Waals surface area contributed by atoms with Crippen LogP contribution < -0.4 is 0 Å². The summed E-state index contributed by atoms with van der Waals surface area (Å²) >= 11 is 0. The molecule has 2 saturated heterocycles. The highest BCUT2D eigenvalue weighted by Crippen LogP contribution is 2.36. The van der Waals surface area contributed by atoms with E-state index < -0.39 is 0 Å². The lowest BCUT2D eigenvalue weighted by atomic mass is 10.2. The second-order valence-corrected chi connectivity index (χ2v) is 5.46. The fourth-order valence-electron chi connectivity index (χ4n) is 3.35. The maximum atomic E-state index is 2.78. The third-order valence-corrected chi connectivity index (χ3v) is 4.37. The average molecular weight is 194 g/mol. The van der Waals surface area contributed by atoms with Gasteiger partial charge >= 0.3 is 0 Å². The Bertz CT molecular complexity index is 216. The average Bonchev–Trinajstić information content (AvgIpc) is 2.80. The Hall–Kier alpha value is -0.0800. The fraction of sp³-hybridized carbons (Fsp3) is 1.00. The van der Waals surface area contributed by atoms with E-state index in [1.807, 2.05) is 0 Å². The van der Waals surface area contributed by atoms with Gasteiger partial charge in [0.2, 0.25) is 0 Å². The molecule has 0 N–H and O–H groups in total. The second kappa shape index (κ2) is 3.49. The van der Waals surface area contributed by atoms with Crippen LogP contribution >= 0.6 is 0 Å². The van der Waals surface area contributed by atoms with E-state index in [1.165, 1.54) is 51.9 Å². The standard InChI is InChI=1S/C12H22N2/c1-10-8-12(10)14-7-3-6-13-5-2-4-11(13)9-14/h10-12H,2-9H2,1H3. The summed E-state index contributed by atoms with van der Waals surface area (Å²) < 4.78 is 0. The van der Waals surface area contributed by atoms with E-state index in [0.29, 0.717) is 0 Å². The molecule has 3 aliphatic rings. The van der Waals surface area contributed by atoms with E-state index in [-0.39, 0.29) is 0 Å². The van der Waals surface area contributed by atoms with Crippen molar-refractivity contribution in [2.45, 2.75) is 44.7 Å². The normalized spacial score (nSPS) is 44.8. The molecule has 2 heterocycles. The van der Waals surface area contributed by atoms with E-state index >= 15 is 0 Å². The summed E-state index contributed by atoms with van der Waals surface area (Å²) in [6.07, 6.45) is 5.77. The summed E-state index contributed by atoms with van der Waals surface area (Å²) in [7, 11) is 0. The molecular weight excluding hydrogens is 172 g/mol. The van der Waals surface area contributed by atoms with E-state index in [1.54, 1.807) is 0 Å². The smallest absolute Gasteiger partial charge is 0.0223 e. The summed E-state index contributed by atoms with van der Waals surface area (Å²) in [5.74, 6) is 0.989. The van der Waals surface area contributed by atoms with Crippen molar-refractivity contribution in [2.24, 2.45) is 5.92 Å². The van der Waals surface area contributed by atoms with Gasteiger partial charge in [-0.3, -0.25) is 9.80 Å². The zero-order valence-corrected chi connectivity index (χ0v) is 9.28. The minimum Gasteiger partial charge on any atom is -0.299 e. The molecule has 3 fully saturated rings. The lowest BCUT2D eigenvalue weighted by Crippen LogP contribution is -2.37. The molecule has 0 aromatic heterocycles. The van der Waals surface area contributed by atoms with Gasteiger partial charge in [0, 0.05) is 18.6 Å². The number of fused-ring (bicyclic) bond motifs is 1. The lowest BCUT2D eigenvalue weighted by Gasteiger charge is -2.25. The number of hydrogen-bond acceptors (Lipinski definition) is 2. The molecule has 0 radical (unpaired) electrons. The molecule has 2 heteroatoms. The fourth-order valence-corrected chi connectivity index (χ4v) is 3.35. The SMILES string of the molecule is CC1CC1N1CCCN2CCCC2C1. The molecule has 2 aliphatic heterocycles. The van der Waals surface area contributed by atoms with Crippen LogP contribution in [0.2, 0.25) is 0 Å². The molecule has 0 spiro atoms. The highest BCUT2D eigenvalue weighted by atomic mass is 15.3. The van der Waals surface area contributed by atoms with Gasteiger partial charge in [-0.15, -0.1) is 0 Å².